The lowest BCUT2D eigenvalue weighted by atomic mass is 10.1. The Balaban J connectivity index is 1.42. The molecule has 4 rings (SSSR count). The fraction of sp³-hybridized carbons (Fsp3) is 0.417. The Labute approximate surface area is 199 Å². The number of aromatic amines is 1. The number of para-hydroxylation sites is 2. The molecule has 1 saturated heterocycles. The van der Waals surface area contributed by atoms with Gasteiger partial charge >= 0.3 is 0 Å². The number of nitrogens with one attached hydrogen (secondary N) is 2. The van der Waals surface area contributed by atoms with Crippen LogP contribution in [0.15, 0.2) is 53.4 Å². The number of amides is 1. The second-order valence-corrected chi connectivity index (χ2v) is 11.2. The van der Waals surface area contributed by atoms with E-state index in [0.717, 1.165) is 53.9 Å². The molecule has 176 valence electrons. The smallest absolute Gasteiger partial charge is 0.243 e. The summed E-state index contributed by atoms with van der Waals surface area (Å²) >= 11 is 1.72. The zero-order chi connectivity index (χ0) is 23.3. The van der Waals surface area contributed by atoms with E-state index in [0.29, 0.717) is 13.1 Å². The van der Waals surface area contributed by atoms with Crippen LogP contribution in [0.4, 0.5) is 0 Å². The molecule has 1 aliphatic rings. The van der Waals surface area contributed by atoms with E-state index < -0.39 is 10.0 Å². The second kappa shape index (κ2) is 10.7. The van der Waals surface area contributed by atoms with Gasteiger partial charge in [-0.25, -0.2) is 13.4 Å². The van der Waals surface area contributed by atoms with Crippen LogP contribution in [-0.4, -0.2) is 53.7 Å². The van der Waals surface area contributed by atoms with Gasteiger partial charge in [0.25, 0.3) is 0 Å². The number of fused-ring (bicyclic) bond motifs is 1. The number of benzene rings is 2. The standard InChI is InChI=1S/C24H30N4O3S2/c1-32-16-13-22(24-26-20-7-3-4-8-21(20)27-24)25-23(29)17-18-9-11-19(12-10-18)33(30,31)28-14-5-2-6-15-28/h3-4,7-12,22H,2,5-6,13-17H2,1H3,(H,25,29)(H,26,27)/t22-/m0/s1. The highest BCUT2D eigenvalue weighted by atomic mass is 32.2. The molecule has 0 aliphatic carbocycles. The second-order valence-electron chi connectivity index (χ2n) is 8.33. The summed E-state index contributed by atoms with van der Waals surface area (Å²) in [5, 5.41) is 3.10. The van der Waals surface area contributed by atoms with Crippen molar-refractivity contribution in [3.05, 3.63) is 59.9 Å². The number of aromatic nitrogens is 2. The minimum Gasteiger partial charge on any atom is -0.346 e. The van der Waals surface area contributed by atoms with Gasteiger partial charge in [0.2, 0.25) is 15.9 Å². The fourth-order valence-corrected chi connectivity index (χ4v) is 6.10. The normalized spacial score (nSPS) is 16.0. The van der Waals surface area contributed by atoms with E-state index in [2.05, 4.69) is 15.3 Å². The lowest BCUT2D eigenvalue weighted by Gasteiger charge is -2.25. The zero-order valence-electron chi connectivity index (χ0n) is 18.8. The number of nitrogens with zero attached hydrogens (tertiary/aromatic N) is 2. The molecule has 3 aromatic rings. The van der Waals surface area contributed by atoms with Crippen LogP contribution < -0.4 is 5.32 Å². The van der Waals surface area contributed by atoms with Gasteiger partial charge in [0.05, 0.1) is 28.4 Å². The zero-order valence-corrected chi connectivity index (χ0v) is 20.4. The summed E-state index contributed by atoms with van der Waals surface area (Å²) in [5.74, 6) is 1.53. The topological polar surface area (TPSA) is 95.2 Å². The van der Waals surface area contributed by atoms with Gasteiger partial charge in [-0.05, 0) is 61.1 Å². The number of sulfonamides is 1. The van der Waals surface area contributed by atoms with Gasteiger partial charge in [-0.15, -0.1) is 0 Å². The average molecular weight is 487 g/mol. The molecule has 0 radical (unpaired) electrons. The van der Waals surface area contributed by atoms with Crippen molar-refractivity contribution in [1.82, 2.24) is 19.6 Å². The van der Waals surface area contributed by atoms with Crippen LogP contribution in [0.1, 0.15) is 43.1 Å². The number of piperidine rings is 1. The minimum absolute atomic E-state index is 0.117. The van der Waals surface area contributed by atoms with Crippen LogP contribution in [0, 0.1) is 0 Å². The van der Waals surface area contributed by atoms with Crippen LogP contribution in [0.25, 0.3) is 11.0 Å². The van der Waals surface area contributed by atoms with E-state index in [-0.39, 0.29) is 23.3 Å². The molecule has 2 N–H and O–H groups in total. The van der Waals surface area contributed by atoms with E-state index in [4.69, 9.17) is 0 Å². The van der Waals surface area contributed by atoms with Gasteiger partial charge in [0, 0.05) is 13.1 Å². The van der Waals surface area contributed by atoms with E-state index in [1.165, 1.54) is 0 Å². The number of H-pyrrole nitrogens is 1. The van der Waals surface area contributed by atoms with Gasteiger partial charge in [0.1, 0.15) is 5.82 Å². The number of carbonyl (C=O) groups is 1. The monoisotopic (exact) mass is 486 g/mol. The maximum Gasteiger partial charge on any atom is 0.243 e. The number of rotatable bonds is 9. The fourth-order valence-electron chi connectivity index (χ4n) is 4.11. The highest BCUT2D eigenvalue weighted by molar-refractivity contribution is 7.98. The molecule has 2 aromatic carbocycles. The molecule has 1 aromatic heterocycles. The van der Waals surface area contributed by atoms with Crippen molar-refractivity contribution in [1.29, 1.82) is 0 Å². The quantitative estimate of drug-likeness (QED) is 0.478. The first-order valence-corrected chi connectivity index (χ1v) is 14.1. The van der Waals surface area contributed by atoms with Crippen LogP contribution in [0.5, 0.6) is 0 Å². The number of thioether (sulfide) groups is 1. The van der Waals surface area contributed by atoms with Gasteiger partial charge in [-0.1, -0.05) is 30.7 Å². The molecule has 0 bridgehead atoms. The summed E-state index contributed by atoms with van der Waals surface area (Å²) in [6.45, 7) is 1.15. The molecular weight excluding hydrogens is 456 g/mol. The van der Waals surface area contributed by atoms with Crippen LogP contribution >= 0.6 is 11.8 Å². The molecule has 1 fully saturated rings. The van der Waals surface area contributed by atoms with Gasteiger partial charge in [-0.3, -0.25) is 4.79 Å². The summed E-state index contributed by atoms with van der Waals surface area (Å²) in [5.41, 5.74) is 2.60. The molecule has 7 nitrogen and oxygen atoms in total. The summed E-state index contributed by atoms with van der Waals surface area (Å²) in [6.07, 6.45) is 5.86. The van der Waals surface area contributed by atoms with Crippen LogP contribution in [0.3, 0.4) is 0 Å². The first-order chi connectivity index (χ1) is 16.0. The Morgan fingerprint density at radius 2 is 1.85 bits per heavy atom. The van der Waals surface area contributed by atoms with Crippen molar-refractivity contribution < 1.29 is 13.2 Å². The third-order valence-corrected chi connectivity index (χ3v) is 8.48. The van der Waals surface area contributed by atoms with Crippen LogP contribution in [-0.2, 0) is 21.2 Å². The first kappa shape index (κ1) is 23.8. The highest BCUT2D eigenvalue weighted by Crippen LogP contribution is 2.22. The molecule has 0 spiro atoms. The van der Waals surface area contributed by atoms with Crippen molar-refractivity contribution in [2.24, 2.45) is 0 Å². The van der Waals surface area contributed by atoms with E-state index in [9.17, 15) is 13.2 Å². The molecule has 0 unspecified atom stereocenters. The van der Waals surface area contributed by atoms with Gasteiger partial charge in [-0.2, -0.15) is 16.1 Å². The minimum atomic E-state index is -3.47. The van der Waals surface area contributed by atoms with Crippen molar-refractivity contribution in [2.45, 2.75) is 43.0 Å². The van der Waals surface area contributed by atoms with Crippen molar-refractivity contribution in [3.8, 4) is 0 Å². The van der Waals surface area contributed by atoms with Gasteiger partial charge in [0.15, 0.2) is 0 Å². The lowest BCUT2D eigenvalue weighted by Crippen LogP contribution is -2.35. The number of hydrogen-bond donors (Lipinski definition) is 2. The van der Waals surface area contributed by atoms with E-state index >= 15 is 0 Å². The molecule has 33 heavy (non-hydrogen) atoms. The Kier molecular flexibility index (Phi) is 7.72. The SMILES string of the molecule is CSCC[C@H](NC(=O)Cc1ccc(S(=O)(=O)N2CCCCC2)cc1)c1nc2ccccc2[nH]1. The third-order valence-electron chi connectivity index (χ3n) is 5.92. The lowest BCUT2D eigenvalue weighted by molar-refractivity contribution is -0.121. The summed E-state index contributed by atoms with van der Waals surface area (Å²) in [4.78, 5) is 21.1. The van der Waals surface area contributed by atoms with Crippen molar-refractivity contribution >= 4 is 38.7 Å². The van der Waals surface area contributed by atoms with Crippen molar-refractivity contribution in [2.75, 3.05) is 25.1 Å². The Bertz CT molecular complexity index is 1150. The molecule has 1 amide bonds. The number of imidazole rings is 1. The average Bonchev–Trinajstić information content (AvgIpc) is 3.27. The largest absolute Gasteiger partial charge is 0.346 e. The Morgan fingerprint density at radius 3 is 2.55 bits per heavy atom. The summed E-state index contributed by atoms with van der Waals surface area (Å²) < 4.78 is 27.2. The number of hydrogen-bond acceptors (Lipinski definition) is 5. The predicted octanol–water partition coefficient (Wildman–Crippen LogP) is 3.89. The molecular formula is C24H30N4O3S2. The van der Waals surface area contributed by atoms with Gasteiger partial charge < -0.3 is 10.3 Å². The maximum atomic E-state index is 12.8. The predicted molar refractivity (Wildman–Crippen MR) is 133 cm³/mol. The summed E-state index contributed by atoms with van der Waals surface area (Å²) in [6, 6.07) is 14.3. The molecule has 9 heteroatoms. The first-order valence-electron chi connectivity index (χ1n) is 11.3. The number of carbonyl (C=O) groups excluding carboxylic acids is 1. The van der Waals surface area contributed by atoms with E-state index in [1.807, 2.05) is 30.5 Å². The molecule has 1 atom stereocenters. The van der Waals surface area contributed by atoms with Crippen molar-refractivity contribution in [3.63, 3.8) is 0 Å². The highest BCUT2D eigenvalue weighted by Gasteiger charge is 2.26. The third kappa shape index (κ3) is 5.77. The molecule has 0 saturated carbocycles. The Morgan fingerprint density at radius 1 is 1.12 bits per heavy atom. The van der Waals surface area contributed by atoms with Crippen LogP contribution in [0.2, 0.25) is 0 Å². The summed E-state index contributed by atoms with van der Waals surface area (Å²) in [7, 11) is -3.47. The Hall–Kier alpha value is -2.36. The molecule has 1 aliphatic heterocycles. The maximum absolute atomic E-state index is 12.8. The molecule has 2 heterocycles. The van der Waals surface area contributed by atoms with E-state index in [1.54, 1.807) is 40.3 Å².